The van der Waals surface area contributed by atoms with Crippen LogP contribution in [-0.4, -0.2) is 40.9 Å². The number of benzene rings is 1. The molecule has 2 rings (SSSR count). The van der Waals surface area contributed by atoms with Gasteiger partial charge >= 0.3 is 0 Å². The van der Waals surface area contributed by atoms with E-state index in [1.807, 2.05) is 0 Å². The first kappa shape index (κ1) is 18.1. The minimum Gasteiger partial charge on any atom is -0.496 e. The highest BCUT2D eigenvalue weighted by Gasteiger charge is 2.36. The van der Waals surface area contributed by atoms with Crippen molar-refractivity contribution in [3.8, 4) is 5.75 Å². The number of methoxy groups -OCH3 is 1. The first-order valence-corrected chi connectivity index (χ1v) is 8.82. The quantitative estimate of drug-likeness (QED) is 0.807. The highest BCUT2D eigenvalue weighted by Crippen LogP contribution is 2.36. The number of amidine groups is 1. The molecule has 0 N–H and O–H groups in total. The topological polar surface area (TPSA) is 41.9 Å². The van der Waals surface area contributed by atoms with Gasteiger partial charge in [0.15, 0.2) is 5.17 Å². The van der Waals surface area contributed by atoms with E-state index in [-0.39, 0.29) is 10.7 Å². The summed E-state index contributed by atoms with van der Waals surface area (Å²) in [5, 5.41) is 1.27. The summed E-state index contributed by atoms with van der Waals surface area (Å²) in [4.78, 5) is 19.1. The number of nitrogens with zero attached hydrogens (tertiary/aromatic N) is 2. The molecule has 1 aliphatic rings. The fourth-order valence-electron chi connectivity index (χ4n) is 2.54. The van der Waals surface area contributed by atoms with Gasteiger partial charge in [0.25, 0.3) is 5.91 Å². The standard InChI is InChI=1S/C17H23ClN2O2S/c1-11(2)9-20-10-17(3,4)23-16(20)19-15(21)13-8-12(18)6-7-14(13)22-5/h6-8,11H,9-10H2,1-5H3/b19-16-. The molecule has 23 heavy (non-hydrogen) atoms. The molecule has 0 spiro atoms. The molecule has 0 bridgehead atoms. The third kappa shape index (κ3) is 4.64. The number of hydrogen-bond donors (Lipinski definition) is 0. The van der Waals surface area contributed by atoms with Crippen LogP contribution in [0.2, 0.25) is 5.02 Å². The van der Waals surface area contributed by atoms with Crippen molar-refractivity contribution in [2.45, 2.75) is 32.4 Å². The van der Waals surface area contributed by atoms with E-state index in [1.54, 1.807) is 30.0 Å². The number of aliphatic imine (C=N–C) groups is 1. The van der Waals surface area contributed by atoms with E-state index < -0.39 is 0 Å². The van der Waals surface area contributed by atoms with Crippen molar-refractivity contribution in [2.24, 2.45) is 10.9 Å². The van der Waals surface area contributed by atoms with E-state index in [9.17, 15) is 4.79 Å². The molecule has 1 saturated heterocycles. The van der Waals surface area contributed by atoms with Gasteiger partial charge in [-0.25, -0.2) is 0 Å². The summed E-state index contributed by atoms with van der Waals surface area (Å²) < 4.78 is 5.30. The normalized spacial score (nSPS) is 18.7. The van der Waals surface area contributed by atoms with Crippen LogP contribution in [0.1, 0.15) is 38.1 Å². The van der Waals surface area contributed by atoms with E-state index in [1.165, 1.54) is 7.11 Å². The van der Waals surface area contributed by atoms with Crippen LogP contribution < -0.4 is 4.74 Å². The highest BCUT2D eigenvalue weighted by atomic mass is 35.5. The van der Waals surface area contributed by atoms with Gasteiger partial charge in [-0.3, -0.25) is 4.79 Å². The SMILES string of the molecule is COc1ccc(Cl)cc1C(=O)/N=C1\SC(C)(C)CN1CC(C)C. The highest BCUT2D eigenvalue weighted by molar-refractivity contribution is 8.15. The third-order valence-electron chi connectivity index (χ3n) is 3.38. The summed E-state index contributed by atoms with van der Waals surface area (Å²) in [5.41, 5.74) is 0.391. The Balaban J connectivity index is 2.32. The molecule has 0 aromatic heterocycles. The summed E-state index contributed by atoms with van der Waals surface area (Å²) in [6.07, 6.45) is 0. The van der Waals surface area contributed by atoms with Crippen molar-refractivity contribution >= 4 is 34.4 Å². The Morgan fingerprint density at radius 3 is 2.78 bits per heavy atom. The summed E-state index contributed by atoms with van der Waals surface area (Å²) in [6, 6.07) is 4.99. The van der Waals surface area contributed by atoms with Gasteiger partial charge < -0.3 is 9.64 Å². The monoisotopic (exact) mass is 354 g/mol. The Morgan fingerprint density at radius 1 is 1.48 bits per heavy atom. The van der Waals surface area contributed by atoms with Gasteiger partial charge in [0, 0.05) is 22.9 Å². The summed E-state index contributed by atoms with van der Waals surface area (Å²) in [7, 11) is 1.53. The van der Waals surface area contributed by atoms with E-state index in [2.05, 4.69) is 37.6 Å². The number of halogens is 1. The molecule has 0 saturated carbocycles. The van der Waals surface area contributed by atoms with Gasteiger partial charge in [-0.15, -0.1) is 0 Å². The number of carbonyl (C=O) groups excluding carboxylic acids is 1. The Bertz CT molecular complexity index is 629. The Morgan fingerprint density at radius 2 is 2.17 bits per heavy atom. The number of thioether (sulfide) groups is 1. The van der Waals surface area contributed by atoms with Crippen LogP contribution in [0.15, 0.2) is 23.2 Å². The molecule has 4 nitrogen and oxygen atoms in total. The molecule has 1 amide bonds. The van der Waals surface area contributed by atoms with Gasteiger partial charge in [-0.05, 0) is 38.0 Å². The zero-order valence-electron chi connectivity index (χ0n) is 14.2. The molecule has 0 radical (unpaired) electrons. The van der Waals surface area contributed by atoms with E-state index in [0.717, 1.165) is 18.3 Å². The molecular formula is C17H23ClN2O2S. The first-order valence-electron chi connectivity index (χ1n) is 7.62. The second kappa shape index (κ2) is 7.14. The summed E-state index contributed by atoms with van der Waals surface area (Å²) in [6.45, 7) is 10.4. The summed E-state index contributed by atoms with van der Waals surface area (Å²) in [5.74, 6) is 0.672. The van der Waals surface area contributed by atoms with Crippen LogP contribution in [0.4, 0.5) is 0 Å². The largest absolute Gasteiger partial charge is 0.496 e. The molecule has 1 aromatic rings. The molecule has 1 fully saturated rings. The number of ether oxygens (including phenoxy) is 1. The second-order valence-corrected chi connectivity index (χ2v) is 8.79. The molecule has 6 heteroatoms. The maximum Gasteiger partial charge on any atom is 0.283 e. The number of amides is 1. The zero-order chi connectivity index (χ0) is 17.2. The second-order valence-electron chi connectivity index (χ2n) is 6.68. The maximum atomic E-state index is 12.6. The fraction of sp³-hybridized carbons (Fsp3) is 0.529. The molecule has 126 valence electrons. The van der Waals surface area contributed by atoms with Crippen LogP contribution in [0, 0.1) is 5.92 Å². The molecule has 1 heterocycles. The molecule has 0 atom stereocenters. The van der Waals surface area contributed by atoms with Crippen molar-refractivity contribution in [3.05, 3.63) is 28.8 Å². The van der Waals surface area contributed by atoms with Crippen molar-refractivity contribution in [2.75, 3.05) is 20.2 Å². The fourth-order valence-corrected chi connectivity index (χ4v) is 3.83. The van der Waals surface area contributed by atoms with Crippen LogP contribution >= 0.6 is 23.4 Å². The Labute approximate surface area is 147 Å². The van der Waals surface area contributed by atoms with Crippen LogP contribution in [-0.2, 0) is 0 Å². The number of rotatable bonds is 4. The molecule has 1 aromatic carbocycles. The van der Waals surface area contributed by atoms with Crippen LogP contribution in [0.3, 0.4) is 0 Å². The lowest BCUT2D eigenvalue weighted by Gasteiger charge is -2.21. The van der Waals surface area contributed by atoms with Crippen molar-refractivity contribution in [3.63, 3.8) is 0 Å². The first-order chi connectivity index (χ1) is 10.7. The Hall–Kier alpha value is -1.20. The summed E-state index contributed by atoms with van der Waals surface area (Å²) >= 11 is 7.65. The zero-order valence-corrected chi connectivity index (χ0v) is 15.8. The van der Waals surface area contributed by atoms with Crippen molar-refractivity contribution in [1.82, 2.24) is 4.90 Å². The van der Waals surface area contributed by atoms with E-state index >= 15 is 0 Å². The third-order valence-corrected chi connectivity index (χ3v) is 4.83. The van der Waals surface area contributed by atoms with Gasteiger partial charge in [-0.1, -0.05) is 37.2 Å². The molecule has 0 unspecified atom stereocenters. The van der Waals surface area contributed by atoms with Crippen LogP contribution in [0.5, 0.6) is 5.75 Å². The average Bonchev–Trinajstić information content (AvgIpc) is 2.71. The lowest BCUT2D eigenvalue weighted by Crippen LogP contribution is -2.32. The van der Waals surface area contributed by atoms with Gasteiger partial charge in [0.2, 0.25) is 0 Å². The molecule has 0 aliphatic carbocycles. The van der Waals surface area contributed by atoms with Gasteiger partial charge in [0.05, 0.1) is 12.7 Å². The smallest absolute Gasteiger partial charge is 0.283 e. The van der Waals surface area contributed by atoms with E-state index in [4.69, 9.17) is 16.3 Å². The molecular weight excluding hydrogens is 332 g/mol. The van der Waals surface area contributed by atoms with Crippen molar-refractivity contribution < 1.29 is 9.53 Å². The predicted molar refractivity (Wildman–Crippen MR) is 97.9 cm³/mol. The Kier molecular flexibility index (Phi) is 5.63. The number of hydrogen-bond acceptors (Lipinski definition) is 3. The van der Waals surface area contributed by atoms with Crippen LogP contribution in [0.25, 0.3) is 0 Å². The van der Waals surface area contributed by atoms with Gasteiger partial charge in [0.1, 0.15) is 5.75 Å². The molecule has 1 aliphatic heterocycles. The lowest BCUT2D eigenvalue weighted by molar-refractivity contribution is 0.0998. The maximum absolute atomic E-state index is 12.6. The number of carbonyl (C=O) groups is 1. The predicted octanol–water partition coefficient (Wildman–Crippen LogP) is 4.33. The van der Waals surface area contributed by atoms with E-state index in [0.29, 0.717) is 22.3 Å². The lowest BCUT2D eigenvalue weighted by atomic mass is 10.1. The van der Waals surface area contributed by atoms with Crippen molar-refractivity contribution in [1.29, 1.82) is 0 Å². The minimum atomic E-state index is -0.321. The minimum absolute atomic E-state index is 0.0480. The average molecular weight is 355 g/mol. The van der Waals surface area contributed by atoms with Gasteiger partial charge in [-0.2, -0.15) is 4.99 Å².